The van der Waals surface area contributed by atoms with E-state index in [9.17, 15) is 24.4 Å². The Labute approximate surface area is 381 Å². The molecule has 14 nitrogen and oxygen atoms in total. The minimum Gasteiger partial charge on any atom is -1.00 e. The number of carbonyl (C=O) groups excluding carboxylic acids is 4. The van der Waals surface area contributed by atoms with Gasteiger partial charge in [-0.25, -0.2) is 19.2 Å². The maximum atomic E-state index is 12.4. The number of likely N-dealkylation sites (tertiary alicyclic amines) is 2. The first-order valence-electron chi connectivity index (χ1n) is 19.0. The largest absolute Gasteiger partial charge is 1.00 e. The quantitative estimate of drug-likeness (QED) is 0.140. The standard InChI is InChI=1S/C21H29N3O4.C20H27N3O4.CH3I.Na.H/c1-21(2,3)28-19(25)23(4)18(10-12-22)17-11-13-24(14-17)20(26)27-15-16-8-6-5-7-9-16;1-20(2,3)27-18(24)22-17(9-11-21)16-10-12-23(13-16)19(25)26-14-15-7-5-4-6-8-15;1-2;;/h5-9,17-18H,10-11,13-15H2,1-4H3;4-8,16-17H,9-10,12-14H2,1-3H3,(H,22,24);1H3;;/q;;;+1;-1. The van der Waals surface area contributed by atoms with E-state index in [0.29, 0.717) is 39.0 Å². The molecular weight excluding hydrogens is 866 g/mol. The summed E-state index contributed by atoms with van der Waals surface area (Å²) in [6.45, 7) is 13.2. The van der Waals surface area contributed by atoms with Crippen LogP contribution in [0, 0.1) is 34.5 Å². The van der Waals surface area contributed by atoms with Crippen LogP contribution in [0.3, 0.4) is 0 Å². The minimum atomic E-state index is -0.607. The summed E-state index contributed by atoms with van der Waals surface area (Å²) in [5, 5.41) is 21.1. The molecule has 4 amide bonds. The minimum absolute atomic E-state index is 0. The average molecular weight is 927 g/mol. The zero-order valence-corrected chi connectivity index (χ0v) is 39.7. The van der Waals surface area contributed by atoms with E-state index in [2.05, 4.69) is 40.0 Å². The molecule has 2 fully saturated rings. The summed E-state index contributed by atoms with van der Waals surface area (Å²) in [7, 11) is 1.65. The first-order chi connectivity index (χ1) is 27.0. The van der Waals surface area contributed by atoms with Crippen LogP contribution < -0.4 is 34.9 Å². The van der Waals surface area contributed by atoms with Crippen LogP contribution >= 0.6 is 22.6 Å². The Balaban J connectivity index is 0.00000106. The molecule has 4 atom stereocenters. The number of alkyl carbamates (subject to hydrolysis) is 1. The third-order valence-corrected chi connectivity index (χ3v) is 8.98. The van der Waals surface area contributed by atoms with E-state index in [4.69, 9.17) is 24.2 Å². The molecule has 16 heteroatoms. The van der Waals surface area contributed by atoms with Crippen molar-refractivity contribution in [2.24, 2.45) is 11.8 Å². The number of nitrogens with one attached hydrogen (secondary N) is 1. The van der Waals surface area contributed by atoms with E-state index in [0.717, 1.165) is 11.1 Å². The molecule has 0 bridgehead atoms. The molecule has 58 heavy (non-hydrogen) atoms. The van der Waals surface area contributed by atoms with Crippen molar-refractivity contribution >= 4 is 47.0 Å². The predicted molar refractivity (Wildman–Crippen MR) is 225 cm³/mol. The van der Waals surface area contributed by atoms with Gasteiger partial charge in [0.25, 0.3) is 0 Å². The van der Waals surface area contributed by atoms with Crippen LogP contribution in [0.1, 0.15) is 79.8 Å². The topological polar surface area (TPSA) is 175 Å². The number of rotatable bonds is 10. The molecule has 4 rings (SSSR count). The zero-order valence-electron chi connectivity index (χ0n) is 36.5. The number of benzene rings is 2. The molecule has 2 heterocycles. The molecule has 2 saturated heterocycles. The molecule has 314 valence electrons. The summed E-state index contributed by atoms with van der Waals surface area (Å²) in [5.74, 6) is -0.0112. The van der Waals surface area contributed by atoms with Crippen molar-refractivity contribution in [3.05, 3.63) is 71.8 Å². The monoisotopic (exact) mass is 926 g/mol. The van der Waals surface area contributed by atoms with Gasteiger partial charge in [0.2, 0.25) is 0 Å². The van der Waals surface area contributed by atoms with E-state index in [1.165, 1.54) is 4.90 Å². The van der Waals surface area contributed by atoms with Crippen LogP contribution in [-0.2, 0) is 32.2 Å². The van der Waals surface area contributed by atoms with Crippen molar-refractivity contribution in [1.82, 2.24) is 20.0 Å². The Bertz CT molecular complexity index is 1650. The third-order valence-electron chi connectivity index (χ3n) is 8.98. The Hall–Kier alpha value is -3.77. The van der Waals surface area contributed by atoms with Crippen LogP contribution in [0.25, 0.3) is 0 Å². The van der Waals surface area contributed by atoms with Gasteiger partial charge < -0.3 is 40.4 Å². The number of hydrogen-bond donors (Lipinski definition) is 1. The molecule has 0 spiro atoms. The molecule has 4 unspecified atom stereocenters. The van der Waals surface area contributed by atoms with Gasteiger partial charge in [-0.2, -0.15) is 10.5 Å². The summed E-state index contributed by atoms with van der Waals surface area (Å²) in [6, 6.07) is 22.6. The number of nitriles is 2. The van der Waals surface area contributed by atoms with Crippen LogP contribution in [0.15, 0.2) is 60.7 Å². The molecule has 2 aromatic carbocycles. The number of amides is 4. The van der Waals surface area contributed by atoms with E-state index in [1.807, 2.05) is 65.6 Å². The molecule has 0 radical (unpaired) electrons. The van der Waals surface area contributed by atoms with Crippen LogP contribution in [-0.4, -0.2) is 101 Å². The Morgan fingerprint density at radius 3 is 1.64 bits per heavy atom. The van der Waals surface area contributed by atoms with Gasteiger partial charge in [0.1, 0.15) is 24.4 Å². The molecule has 2 aliphatic rings. The summed E-state index contributed by atoms with van der Waals surface area (Å²) in [4.78, 5) is 55.8. The van der Waals surface area contributed by atoms with Crippen molar-refractivity contribution in [3.63, 3.8) is 0 Å². The fourth-order valence-electron chi connectivity index (χ4n) is 6.25. The van der Waals surface area contributed by atoms with Gasteiger partial charge in [0, 0.05) is 39.3 Å². The number of ether oxygens (including phenoxy) is 4. The summed E-state index contributed by atoms with van der Waals surface area (Å²) in [6.07, 6.45) is -0.00544. The van der Waals surface area contributed by atoms with Gasteiger partial charge in [-0.1, -0.05) is 83.3 Å². The second kappa shape index (κ2) is 26.4. The summed E-state index contributed by atoms with van der Waals surface area (Å²) >= 11 is 2.15. The molecular formula is C42H60IN6NaO8. The van der Waals surface area contributed by atoms with Crippen molar-refractivity contribution in [1.29, 1.82) is 10.5 Å². The third kappa shape index (κ3) is 19.3. The Morgan fingerprint density at radius 2 is 1.21 bits per heavy atom. The molecule has 0 aliphatic carbocycles. The summed E-state index contributed by atoms with van der Waals surface area (Å²) < 4.78 is 21.4. The van der Waals surface area contributed by atoms with Gasteiger partial charge in [-0.15, -0.1) is 0 Å². The molecule has 2 aromatic rings. The van der Waals surface area contributed by atoms with Crippen LogP contribution in [0.2, 0.25) is 0 Å². The van der Waals surface area contributed by atoms with Crippen LogP contribution in [0.4, 0.5) is 19.2 Å². The molecule has 2 aliphatic heterocycles. The fourth-order valence-corrected chi connectivity index (χ4v) is 6.25. The van der Waals surface area contributed by atoms with Crippen molar-refractivity contribution in [2.75, 3.05) is 38.2 Å². The van der Waals surface area contributed by atoms with Gasteiger partial charge in [-0.05, 0) is 82.3 Å². The van der Waals surface area contributed by atoms with Gasteiger partial charge in [0.15, 0.2) is 0 Å². The van der Waals surface area contributed by atoms with E-state index >= 15 is 0 Å². The Morgan fingerprint density at radius 1 is 0.776 bits per heavy atom. The van der Waals surface area contributed by atoms with E-state index < -0.39 is 23.4 Å². The maximum absolute atomic E-state index is 12.4. The predicted octanol–water partition coefficient (Wildman–Crippen LogP) is 5.41. The molecule has 0 saturated carbocycles. The van der Waals surface area contributed by atoms with Gasteiger partial charge >= 0.3 is 53.9 Å². The Kier molecular flexibility index (Phi) is 23.7. The second-order valence-electron chi connectivity index (χ2n) is 15.7. The van der Waals surface area contributed by atoms with Crippen molar-refractivity contribution in [3.8, 4) is 12.1 Å². The molecule has 0 aromatic heterocycles. The average Bonchev–Trinajstić information content (AvgIpc) is 3.87. The number of hydrogen-bond acceptors (Lipinski definition) is 10. The normalized spacial score (nSPS) is 16.8. The van der Waals surface area contributed by atoms with Gasteiger partial charge in [-0.3, -0.25) is 0 Å². The molecule has 1 N–H and O–H groups in total. The van der Waals surface area contributed by atoms with Gasteiger partial charge in [0.05, 0.1) is 31.0 Å². The van der Waals surface area contributed by atoms with Crippen molar-refractivity contribution in [2.45, 2.75) is 104 Å². The van der Waals surface area contributed by atoms with Crippen LogP contribution in [0.5, 0.6) is 0 Å². The smallest absolute Gasteiger partial charge is 1.00 e. The first kappa shape index (κ1) is 52.2. The number of alkyl halides is 1. The van der Waals surface area contributed by atoms with E-state index in [1.54, 1.807) is 58.4 Å². The maximum Gasteiger partial charge on any atom is 1.00 e. The van der Waals surface area contributed by atoms with Crippen molar-refractivity contribution < 1.29 is 69.1 Å². The SMILES string of the molecule is CC(C)(C)OC(=O)NC(CC#N)C1CCN(C(=O)OCc2ccccc2)C1.CI.CN(C(=O)OC(C)(C)C)C(CC#N)C1CCN(C(=O)OCc2ccccc2)C1.[H-].[Na+]. The van der Waals surface area contributed by atoms with E-state index in [-0.39, 0.29) is 93.1 Å². The number of nitrogens with zero attached hydrogens (tertiary/aromatic N) is 5. The second-order valence-corrected chi connectivity index (χ2v) is 15.7. The first-order valence-corrected chi connectivity index (χ1v) is 21.1. The zero-order chi connectivity index (χ0) is 42.6. The fraction of sp³-hybridized carbons (Fsp3) is 0.571. The number of carbonyl (C=O) groups is 4. The number of halogens is 1. The summed E-state index contributed by atoms with van der Waals surface area (Å²) in [5.41, 5.74) is 0.643.